The van der Waals surface area contributed by atoms with Crippen LogP contribution in [-0.4, -0.2) is 48.3 Å². The van der Waals surface area contributed by atoms with Crippen LogP contribution in [0.25, 0.3) is 0 Å². The van der Waals surface area contributed by atoms with Gasteiger partial charge in [0.05, 0.1) is 24.3 Å². The summed E-state index contributed by atoms with van der Waals surface area (Å²) in [5.74, 6) is 2.43. The molecule has 0 unspecified atom stereocenters. The molecule has 1 N–H and O–H groups in total. The zero-order valence-electron chi connectivity index (χ0n) is 18.9. The lowest BCUT2D eigenvalue weighted by Gasteiger charge is -2.50. The summed E-state index contributed by atoms with van der Waals surface area (Å²) in [5, 5.41) is 10.6. The number of ether oxygens (including phenoxy) is 1. The number of carbonyl (C=O) groups excluding carboxylic acids is 1. The molecular weight excluding hydrogens is 400 g/mol. The Labute approximate surface area is 190 Å². The number of hydrogen-bond acceptors (Lipinski definition) is 4. The van der Waals surface area contributed by atoms with Crippen LogP contribution in [0, 0.1) is 17.8 Å². The van der Waals surface area contributed by atoms with Gasteiger partial charge in [0.25, 0.3) is 0 Å². The number of benzene rings is 2. The smallest absolute Gasteiger partial charge is 0.243 e. The molecule has 4 aliphatic rings. The summed E-state index contributed by atoms with van der Waals surface area (Å²) in [5.41, 5.74) is 2.59. The fourth-order valence-corrected chi connectivity index (χ4v) is 7.31. The van der Waals surface area contributed by atoms with E-state index in [1.54, 1.807) is 7.11 Å². The maximum Gasteiger partial charge on any atom is 0.243 e. The van der Waals surface area contributed by atoms with Gasteiger partial charge in [-0.3, -0.25) is 14.6 Å². The second-order valence-corrected chi connectivity index (χ2v) is 10.3. The van der Waals surface area contributed by atoms with Crippen molar-refractivity contribution in [3.63, 3.8) is 0 Å². The molecule has 5 heteroatoms. The molecule has 3 aliphatic heterocycles. The molecule has 2 aromatic carbocycles. The van der Waals surface area contributed by atoms with Crippen LogP contribution in [0.3, 0.4) is 0 Å². The lowest BCUT2D eigenvalue weighted by atomic mass is 9.62. The minimum absolute atomic E-state index is 0.202. The molecule has 1 saturated carbocycles. The minimum Gasteiger partial charge on any atom is -0.497 e. The van der Waals surface area contributed by atoms with E-state index < -0.39 is 5.41 Å². The fraction of sp³-hybridized carbons (Fsp3) is 0.519. The topological polar surface area (TPSA) is 53.0 Å². The first-order valence-electron chi connectivity index (χ1n) is 12.0. The normalized spacial score (nSPS) is 36.2. The van der Waals surface area contributed by atoms with Crippen LogP contribution in [0.2, 0.25) is 0 Å². The second kappa shape index (κ2) is 7.32. The summed E-state index contributed by atoms with van der Waals surface area (Å²) in [4.78, 5) is 18.8. The van der Waals surface area contributed by atoms with Gasteiger partial charge in [0.15, 0.2) is 0 Å². The van der Waals surface area contributed by atoms with Gasteiger partial charge in [-0.15, -0.1) is 0 Å². The van der Waals surface area contributed by atoms with Crippen molar-refractivity contribution in [3.05, 3.63) is 54.1 Å². The van der Waals surface area contributed by atoms with Crippen LogP contribution in [-0.2, 0) is 10.2 Å². The molecule has 1 aliphatic carbocycles. The lowest BCUT2D eigenvalue weighted by molar-refractivity contribution is -0.125. The molecule has 5 nitrogen and oxygen atoms in total. The molecule has 168 valence electrons. The number of piperidine rings is 1. The third-order valence-corrected chi connectivity index (χ3v) is 9.03. The number of methoxy groups -OCH3 is 1. The van der Waals surface area contributed by atoms with Crippen molar-refractivity contribution >= 4 is 17.3 Å². The molecule has 0 bridgehead atoms. The summed E-state index contributed by atoms with van der Waals surface area (Å²) in [6.07, 6.45) is 3.69. The molecule has 6 rings (SSSR count). The largest absolute Gasteiger partial charge is 0.497 e. The third kappa shape index (κ3) is 2.67. The Balaban J connectivity index is 1.42. The molecule has 0 aromatic heterocycles. The minimum atomic E-state index is -0.496. The number of aliphatic hydroxyl groups is 1. The molecule has 1 spiro atoms. The molecule has 32 heavy (non-hydrogen) atoms. The average molecular weight is 433 g/mol. The van der Waals surface area contributed by atoms with Gasteiger partial charge in [-0.2, -0.15) is 0 Å². The van der Waals surface area contributed by atoms with Crippen LogP contribution in [0.4, 0.5) is 11.4 Å². The van der Waals surface area contributed by atoms with E-state index in [4.69, 9.17) is 4.74 Å². The second-order valence-electron chi connectivity index (χ2n) is 10.3. The highest BCUT2D eigenvalue weighted by Crippen LogP contribution is 2.57. The van der Waals surface area contributed by atoms with Crippen LogP contribution < -0.4 is 9.64 Å². The van der Waals surface area contributed by atoms with E-state index in [1.807, 2.05) is 35.2 Å². The Morgan fingerprint density at radius 3 is 2.66 bits per heavy atom. The van der Waals surface area contributed by atoms with Crippen molar-refractivity contribution in [2.45, 2.75) is 50.2 Å². The summed E-state index contributed by atoms with van der Waals surface area (Å²) in [6, 6.07) is 16.4. The van der Waals surface area contributed by atoms with Crippen LogP contribution in [0.15, 0.2) is 48.5 Å². The number of aliphatic hydroxyl groups excluding tert-OH is 1. The monoisotopic (exact) mass is 432 g/mol. The summed E-state index contributed by atoms with van der Waals surface area (Å²) < 4.78 is 5.33. The number of anilines is 2. The number of para-hydroxylation sites is 1. The zero-order chi connectivity index (χ0) is 22.0. The van der Waals surface area contributed by atoms with E-state index in [1.165, 1.54) is 5.56 Å². The standard InChI is InChI=1S/C27H32N2O3/c1-17-21-15-25-27(13-14-28(25)16-18(21)7-12-24(17)30)22-5-3-4-6-23(22)29(26(27)31)19-8-10-20(32-2)11-9-19/h3-6,8-11,17-18,21,24-25,30H,7,12-16H2,1-2H3/t17-,18+,21-,24+,25+,27+/m1/s1. The zero-order valence-corrected chi connectivity index (χ0v) is 18.9. The number of nitrogens with zero attached hydrogens (tertiary/aromatic N) is 2. The average Bonchev–Trinajstić information content (AvgIpc) is 3.32. The van der Waals surface area contributed by atoms with Crippen LogP contribution in [0.1, 0.15) is 38.2 Å². The highest BCUT2D eigenvalue weighted by molar-refractivity contribution is 6.13. The van der Waals surface area contributed by atoms with Gasteiger partial charge in [0.2, 0.25) is 5.91 Å². The number of fused-ring (bicyclic) bond motifs is 5. The number of amides is 1. The first-order valence-corrected chi connectivity index (χ1v) is 12.0. The van der Waals surface area contributed by atoms with Crippen molar-refractivity contribution in [1.29, 1.82) is 0 Å². The number of rotatable bonds is 2. The molecular formula is C27H32N2O3. The number of hydrogen-bond donors (Lipinski definition) is 1. The summed E-state index contributed by atoms with van der Waals surface area (Å²) in [6.45, 7) is 4.25. The summed E-state index contributed by atoms with van der Waals surface area (Å²) >= 11 is 0. The fourth-order valence-electron chi connectivity index (χ4n) is 7.31. The molecule has 3 fully saturated rings. The van der Waals surface area contributed by atoms with Gasteiger partial charge in [-0.25, -0.2) is 0 Å². The molecule has 0 radical (unpaired) electrons. The van der Waals surface area contributed by atoms with Crippen LogP contribution in [0.5, 0.6) is 5.75 Å². The van der Waals surface area contributed by atoms with Crippen molar-refractivity contribution in [2.24, 2.45) is 17.8 Å². The van der Waals surface area contributed by atoms with Gasteiger partial charge in [-0.1, -0.05) is 25.1 Å². The molecule has 1 amide bonds. The highest BCUT2D eigenvalue weighted by Gasteiger charge is 2.62. The van der Waals surface area contributed by atoms with E-state index in [-0.39, 0.29) is 18.1 Å². The van der Waals surface area contributed by atoms with Gasteiger partial charge >= 0.3 is 0 Å². The van der Waals surface area contributed by atoms with E-state index in [0.29, 0.717) is 17.8 Å². The third-order valence-electron chi connectivity index (χ3n) is 9.03. The molecule has 2 saturated heterocycles. The molecule has 2 aromatic rings. The highest BCUT2D eigenvalue weighted by atomic mass is 16.5. The Kier molecular flexibility index (Phi) is 4.63. The molecule has 6 atom stereocenters. The molecule has 3 heterocycles. The van der Waals surface area contributed by atoms with E-state index in [0.717, 1.165) is 55.9 Å². The Morgan fingerprint density at radius 1 is 1.09 bits per heavy atom. The van der Waals surface area contributed by atoms with Crippen LogP contribution >= 0.6 is 0 Å². The van der Waals surface area contributed by atoms with Gasteiger partial charge < -0.3 is 9.84 Å². The lowest BCUT2D eigenvalue weighted by Crippen LogP contribution is -2.56. The maximum absolute atomic E-state index is 14.3. The van der Waals surface area contributed by atoms with Gasteiger partial charge in [0.1, 0.15) is 5.75 Å². The number of carbonyl (C=O) groups is 1. The van der Waals surface area contributed by atoms with E-state index in [2.05, 4.69) is 30.0 Å². The van der Waals surface area contributed by atoms with Gasteiger partial charge in [0, 0.05) is 18.3 Å². The predicted molar refractivity (Wildman–Crippen MR) is 124 cm³/mol. The maximum atomic E-state index is 14.3. The van der Waals surface area contributed by atoms with E-state index in [9.17, 15) is 9.90 Å². The first kappa shape index (κ1) is 20.3. The van der Waals surface area contributed by atoms with E-state index >= 15 is 0 Å². The van der Waals surface area contributed by atoms with Crippen molar-refractivity contribution in [2.75, 3.05) is 25.1 Å². The quantitative estimate of drug-likeness (QED) is 0.776. The predicted octanol–water partition coefficient (Wildman–Crippen LogP) is 4.11. The van der Waals surface area contributed by atoms with Crippen molar-refractivity contribution < 1.29 is 14.6 Å². The Bertz CT molecular complexity index is 1040. The summed E-state index contributed by atoms with van der Waals surface area (Å²) in [7, 11) is 1.66. The van der Waals surface area contributed by atoms with Crippen molar-refractivity contribution in [1.82, 2.24) is 4.90 Å². The van der Waals surface area contributed by atoms with Crippen molar-refractivity contribution in [3.8, 4) is 5.75 Å². The SMILES string of the molecule is COc1ccc(N2C(=O)[C@@]3(CCN4C[C@@H]5CC[C@H](O)[C@H](C)[C@H]5C[C@H]43)c3ccccc32)cc1. The Hall–Kier alpha value is -2.37. The Morgan fingerprint density at radius 2 is 1.88 bits per heavy atom. The van der Waals surface area contributed by atoms with Gasteiger partial charge in [-0.05, 0) is 85.9 Å². The first-order chi connectivity index (χ1) is 15.5.